The van der Waals surface area contributed by atoms with E-state index in [1.54, 1.807) is 0 Å². The summed E-state index contributed by atoms with van der Waals surface area (Å²) < 4.78 is 5.11. The summed E-state index contributed by atoms with van der Waals surface area (Å²) in [6, 6.07) is 0. The monoisotopic (exact) mass is 120 g/mol. The van der Waals surface area contributed by atoms with Gasteiger partial charge in [-0.25, -0.2) is 0 Å². The number of hydrogen-bond acceptors (Lipinski definition) is 1. The molecular weight excluding hydrogens is 112 g/mol. The number of rotatable bonds is 1. The van der Waals surface area contributed by atoms with E-state index in [0.29, 0.717) is 12.0 Å². The molecule has 1 aliphatic heterocycles. The fraction of sp³-hybridized carbons (Fsp3) is 0.375. The lowest BCUT2D eigenvalue weighted by Gasteiger charge is -2.00. The molecule has 1 aliphatic carbocycles. The second-order valence-corrected chi connectivity index (χ2v) is 2.33. The molecule has 1 heterocycles. The Kier molecular flexibility index (Phi) is 1.05. The molecular formula is C8H8O. The maximum absolute atomic E-state index is 5.11. The Morgan fingerprint density at radius 1 is 1.56 bits per heavy atom. The van der Waals surface area contributed by atoms with Crippen molar-refractivity contribution in [3.8, 4) is 0 Å². The first kappa shape index (κ1) is 5.04. The van der Waals surface area contributed by atoms with Crippen molar-refractivity contribution < 1.29 is 4.74 Å². The highest BCUT2D eigenvalue weighted by atomic mass is 16.6. The van der Waals surface area contributed by atoms with Gasteiger partial charge in [-0.3, -0.25) is 0 Å². The molecule has 2 aliphatic rings. The van der Waals surface area contributed by atoms with Crippen LogP contribution in [0.5, 0.6) is 0 Å². The summed E-state index contributed by atoms with van der Waals surface area (Å²) in [4.78, 5) is 0. The molecule has 1 heteroatoms. The Morgan fingerprint density at radius 2 is 2.44 bits per heavy atom. The van der Waals surface area contributed by atoms with E-state index < -0.39 is 0 Å². The molecule has 46 valence electrons. The molecule has 0 aromatic carbocycles. The molecule has 0 bridgehead atoms. The van der Waals surface area contributed by atoms with Gasteiger partial charge in [0, 0.05) is 5.92 Å². The molecule has 9 heavy (non-hydrogen) atoms. The molecule has 1 fully saturated rings. The van der Waals surface area contributed by atoms with Gasteiger partial charge in [0.25, 0.3) is 0 Å². The zero-order valence-electron chi connectivity index (χ0n) is 5.08. The van der Waals surface area contributed by atoms with E-state index in [-0.39, 0.29) is 0 Å². The fourth-order valence-electron chi connectivity index (χ4n) is 0.971. The molecule has 0 amide bonds. The Bertz CT molecular complexity index is 193. The van der Waals surface area contributed by atoms with Crippen molar-refractivity contribution >= 4 is 0 Å². The average molecular weight is 120 g/mol. The summed E-state index contributed by atoms with van der Waals surface area (Å²) >= 11 is 0. The van der Waals surface area contributed by atoms with E-state index in [2.05, 4.69) is 17.9 Å². The SMILES string of the molecule is C1=CC=CC(C2CO2)C=1. The van der Waals surface area contributed by atoms with E-state index in [4.69, 9.17) is 4.74 Å². The second-order valence-electron chi connectivity index (χ2n) is 2.33. The summed E-state index contributed by atoms with van der Waals surface area (Å²) in [7, 11) is 0. The first-order chi connectivity index (χ1) is 4.47. The molecule has 0 radical (unpaired) electrons. The maximum Gasteiger partial charge on any atom is 0.0913 e. The topological polar surface area (TPSA) is 12.5 Å². The summed E-state index contributed by atoms with van der Waals surface area (Å²) in [6.45, 7) is 0.924. The maximum atomic E-state index is 5.11. The van der Waals surface area contributed by atoms with Crippen molar-refractivity contribution in [3.05, 3.63) is 30.0 Å². The smallest absolute Gasteiger partial charge is 0.0913 e. The Hall–Kier alpha value is -0.780. The summed E-state index contributed by atoms with van der Waals surface area (Å²) in [5.41, 5.74) is 3.04. The summed E-state index contributed by atoms with van der Waals surface area (Å²) in [5, 5.41) is 0. The predicted octanol–water partition coefficient (Wildman–Crippen LogP) is 1.28. The van der Waals surface area contributed by atoms with Crippen LogP contribution in [0.15, 0.2) is 30.0 Å². The van der Waals surface area contributed by atoms with Crippen molar-refractivity contribution in [1.82, 2.24) is 0 Å². The molecule has 2 unspecified atom stereocenters. The Balaban J connectivity index is 2.13. The highest BCUT2D eigenvalue weighted by molar-refractivity contribution is 5.17. The minimum Gasteiger partial charge on any atom is -0.372 e. The van der Waals surface area contributed by atoms with Gasteiger partial charge < -0.3 is 4.74 Å². The molecule has 0 saturated carbocycles. The summed E-state index contributed by atoms with van der Waals surface area (Å²) in [6.07, 6.45) is 8.60. The van der Waals surface area contributed by atoms with E-state index in [1.165, 1.54) is 0 Å². The fourth-order valence-corrected chi connectivity index (χ4v) is 0.971. The van der Waals surface area contributed by atoms with Crippen molar-refractivity contribution in [2.75, 3.05) is 6.61 Å². The molecule has 1 nitrogen and oxygen atoms in total. The number of allylic oxidation sites excluding steroid dienone is 1. The first-order valence-electron chi connectivity index (χ1n) is 3.18. The summed E-state index contributed by atoms with van der Waals surface area (Å²) in [5.74, 6) is 0.495. The molecule has 2 atom stereocenters. The van der Waals surface area contributed by atoms with E-state index in [0.717, 1.165) is 6.61 Å². The quantitative estimate of drug-likeness (QED) is 0.375. The van der Waals surface area contributed by atoms with Crippen molar-refractivity contribution in [2.45, 2.75) is 6.10 Å². The van der Waals surface area contributed by atoms with Gasteiger partial charge in [0.1, 0.15) is 0 Å². The van der Waals surface area contributed by atoms with Gasteiger partial charge >= 0.3 is 0 Å². The third kappa shape index (κ3) is 0.973. The van der Waals surface area contributed by atoms with Gasteiger partial charge in [-0.15, -0.1) is 5.73 Å². The number of ether oxygens (including phenoxy) is 1. The molecule has 0 aromatic rings. The van der Waals surface area contributed by atoms with E-state index in [1.807, 2.05) is 12.2 Å². The highest BCUT2D eigenvalue weighted by Gasteiger charge is 2.29. The van der Waals surface area contributed by atoms with Gasteiger partial charge in [-0.2, -0.15) is 0 Å². The molecule has 0 aromatic heterocycles. The van der Waals surface area contributed by atoms with Crippen LogP contribution in [0, 0.1) is 5.92 Å². The Labute approximate surface area is 54.3 Å². The van der Waals surface area contributed by atoms with Crippen LogP contribution >= 0.6 is 0 Å². The zero-order valence-corrected chi connectivity index (χ0v) is 5.08. The van der Waals surface area contributed by atoms with E-state index in [9.17, 15) is 0 Å². The highest BCUT2D eigenvalue weighted by Crippen LogP contribution is 2.23. The van der Waals surface area contributed by atoms with Crippen LogP contribution in [0.25, 0.3) is 0 Å². The van der Waals surface area contributed by atoms with Crippen LogP contribution in [0.3, 0.4) is 0 Å². The van der Waals surface area contributed by atoms with Gasteiger partial charge in [-0.05, 0) is 12.2 Å². The third-order valence-electron chi connectivity index (χ3n) is 1.60. The average Bonchev–Trinajstić information content (AvgIpc) is 2.71. The standard InChI is InChI=1S/C8H8O/c1-2-4-7(5-3-1)8-6-9-8/h1-2,4-5,7-8H,6H2. The molecule has 0 N–H and O–H groups in total. The van der Waals surface area contributed by atoms with Crippen molar-refractivity contribution in [1.29, 1.82) is 0 Å². The van der Waals surface area contributed by atoms with Crippen LogP contribution in [-0.2, 0) is 4.74 Å². The zero-order chi connectivity index (χ0) is 6.10. The first-order valence-corrected chi connectivity index (χ1v) is 3.18. The van der Waals surface area contributed by atoms with E-state index >= 15 is 0 Å². The van der Waals surface area contributed by atoms with Crippen LogP contribution in [-0.4, -0.2) is 12.7 Å². The number of hydrogen-bond donors (Lipinski definition) is 0. The lowest BCUT2D eigenvalue weighted by atomic mass is 10.0. The lowest BCUT2D eigenvalue weighted by Crippen LogP contribution is -2.00. The van der Waals surface area contributed by atoms with Gasteiger partial charge in [0.15, 0.2) is 0 Å². The van der Waals surface area contributed by atoms with Crippen molar-refractivity contribution in [2.24, 2.45) is 5.92 Å². The minimum atomic E-state index is 0.461. The predicted molar refractivity (Wildman–Crippen MR) is 35.0 cm³/mol. The normalized spacial score (nSPS) is 37.3. The van der Waals surface area contributed by atoms with Gasteiger partial charge in [0.2, 0.25) is 0 Å². The van der Waals surface area contributed by atoms with Crippen LogP contribution in [0.1, 0.15) is 0 Å². The Morgan fingerprint density at radius 3 is 3.00 bits per heavy atom. The molecule has 1 saturated heterocycles. The van der Waals surface area contributed by atoms with Crippen molar-refractivity contribution in [3.63, 3.8) is 0 Å². The molecule has 0 spiro atoms. The van der Waals surface area contributed by atoms with Crippen LogP contribution in [0.2, 0.25) is 0 Å². The second kappa shape index (κ2) is 1.87. The number of epoxide rings is 1. The molecule has 2 rings (SSSR count). The third-order valence-corrected chi connectivity index (χ3v) is 1.60. The largest absolute Gasteiger partial charge is 0.372 e. The van der Waals surface area contributed by atoms with Gasteiger partial charge in [0.05, 0.1) is 12.7 Å². The van der Waals surface area contributed by atoms with Crippen LogP contribution in [0.4, 0.5) is 0 Å². The van der Waals surface area contributed by atoms with Crippen LogP contribution < -0.4 is 0 Å². The lowest BCUT2D eigenvalue weighted by molar-refractivity contribution is 0.384. The van der Waals surface area contributed by atoms with Gasteiger partial charge in [-0.1, -0.05) is 12.2 Å². The minimum absolute atomic E-state index is 0.461.